The predicted molar refractivity (Wildman–Crippen MR) is 106 cm³/mol. The average molecular weight is 361 g/mol. The molecule has 0 aromatic heterocycles. The summed E-state index contributed by atoms with van der Waals surface area (Å²) in [7, 11) is 1.81. The fourth-order valence-electron chi connectivity index (χ4n) is 3.92. The van der Waals surface area contributed by atoms with Crippen molar-refractivity contribution in [3.63, 3.8) is 0 Å². The van der Waals surface area contributed by atoms with Crippen LogP contribution in [0.3, 0.4) is 0 Å². The van der Waals surface area contributed by atoms with Gasteiger partial charge in [-0.05, 0) is 37.3 Å². The van der Waals surface area contributed by atoms with E-state index in [4.69, 9.17) is 4.74 Å². The van der Waals surface area contributed by atoms with Crippen LogP contribution in [0, 0.1) is 11.3 Å². The van der Waals surface area contributed by atoms with E-state index < -0.39 is 0 Å². The Kier molecular flexibility index (Phi) is 6.74. The molecule has 6 nitrogen and oxygen atoms in total. The van der Waals surface area contributed by atoms with Crippen LogP contribution in [0.25, 0.3) is 0 Å². The highest BCUT2D eigenvalue weighted by Crippen LogP contribution is 2.31. The van der Waals surface area contributed by atoms with Gasteiger partial charge in [-0.2, -0.15) is 0 Å². The summed E-state index contributed by atoms with van der Waals surface area (Å²) >= 11 is 0. The molecule has 3 N–H and O–H groups in total. The van der Waals surface area contributed by atoms with Crippen LogP contribution >= 0.6 is 0 Å². The highest BCUT2D eigenvalue weighted by Gasteiger charge is 2.34. The Labute approximate surface area is 156 Å². The number of anilines is 1. The van der Waals surface area contributed by atoms with E-state index in [1.54, 1.807) is 0 Å². The summed E-state index contributed by atoms with van der Waals surface area (Å²) < 4.78 is 5.56. The summed E-state index contributed by atoms with van der Waals surface area (Å²) in [4.78, 5) is 6.81. The first-order valence-electron chi connectivity index (χ1n) is 9.68. The molecule has 2 saturated heterocycles. The maximum Gasteiger partial charge on any atom is 0.191 e. The molecule has 2 fully saturated rings. The van der Waals surface area contributed by atoms with Crippen LogP contribution in [0.4, 0.5) is 5.69 Å². The molecule has 0 spiro atoms. The highest BCUT2D eigenvalue weighted by atomic mass is 16.5. The van der Waals surface area contributed by atoms with Crippen LogP contribution < -0.4 is 15.5 Å². The Balaban J connectivity index is 1.43. The van der Waals surface area contributed by atoms with Crippen molar-refractivity contribution in [2.45, 2.75) is 19.3 Å². The van der Waals surface area contributed by atoms with E-state index in [0.717, 1.165) is 51.6 Å². The second-order valence-electron chi connectivity index (χ2n) is 7.52. The maximum absolute atomic E-state index is 9.35. The van der Waals surface area contributed by atoms with E-state index in [2.05, 4.69) is 50.9 Å². The molecule has 0 aliphatic carbocycles. The number of benzene rings is 1. The SMILES string of the molecule is CN=C(NCC1CCN(c2ccccc2)C1)NCC1(CCO)CCOC1. The van der Waals surface area contributed by atoms with Gasteiger partial charge in [-0.15, -0.1) is 0 Å². The van der Waals surface area contributed by atoms with Crippen molar-refractivity contribution in [1.82, 2.24) is 10.6 Å². The summed E-state index contributed by atoms with van der Waals surface area (Å²) in [6.45, 7) is 5.60. The molecule has 144 valence electrons. The predicted octanol–water partition coefficient (Wildman–Crippen LogP) is 1.47. The van der Waals surface area contributed by atoms with Crippen LogP contribution in [-0.2, 0) is 4.74 Å². The van der Waals surface area contributed by atoms with E-state index in [9.17, 15) is 5.11 Å². The first kappa shape index (κ1) is 19.0. The van der Waals surface area contributed by atoms with E-state index in [0.29, 0.717) is 12.5 Å². The second kappa shape index (κ2) is 9.24. The summed E-state index contributed by atoms with van der Waals surface area (Å²) in [5, 5.41) is 16.3. The second-order valence-corrected chi connectivity index (χ2v) is 7.52. The molecule has 26 heavy (non-hydrogen) atoms. The van der Waals surface area contributed by atoms with Gasteiger partial charge >= 0.3 is 0 Å². The average Bonchev–Trinajstić information content (AvgIpc) is 3.33. The van der Waals surface area contributed by atoms with Gasteiger partial charge in [0.2, 0.25) is 0 Å². The van der Waals surface area contributed by atoms with Crippen LogP contribution in [0.15, 0.2) is 35.3 Å². The summed E-state index contributed by atoms with van der Waals surface area (Å²) in [6.07, 6.45) is 2.96. The minimum absolute atomic E-state index is 0.0316. The van der Waals surface area contributed by atoms with Crippen molar-refractivity contribution in [3.05, 3.63) is 30.3 Å². The zero-order valence-electron chi connectivity index (χ0n) is 15.8. The van der Waals surface area contributed by atoms with Crippen molar-refractivity contribution in [1.29, 1.82) is 0 Å². The van der Waals surface area contributed by atoms with Crippen LogP contribution in [-0.4, -0.2) is 64.1 Å². The number of aliphatic hydroxyl groups excluding tert-OH is 1. The minimum Gasteiger partial charge on any atom is -0.396 e. The van der Waals surface area contributed by atoms with E-state index in [1.807, 2.05) is 7.05 Å². The highest BCUT2D eigenvalue weighted by molar-refractivity contribution is 5.79. The van der Waals surface area contributed by atoms with E-state index >= 15 is 0 Å². The molecule has 0 bridgehead atoms. The van der Waals surface area contributed by atoms with Gasteiger partial charge in [0.1, 0.15) is 0 Å². The molecule has 0 radical (unpaired) electrons. The Bertz CT molecular complexity index is 572. The van der Waals surface area contributed by atoms with E-state index in [-0.39, 0.29) is 12.0 Å². The standard InChI is InChI=1S/C20H32N4O2/c1-21-19(23-15-20(8-11-25)9-12-26-16-20)22-13-17-7-10-24(14-17)18-5-3-2-4-6-18/h2-6,17,25H,7-16H2,1H3,(H2,21,22,23). The van der Waals surface area contributed by atoms with Crippen LogP contribution in [0.5, 0.6) is 0 Å². The van der Waals surface area contributed by atoms with Gasteiger partial charge < -0.3 is 25.4 Å². The smallest absolute Gasteiger partial charge is 0.191 e. The molecule has 2 atom stereocenters. The van der Waals surface area contributed by atoms with Crippen LogP contribution in [0.1, 0.15) is 19.3 Å². The normalized spacial score (nSPS) is 26.3. The Morgan fingerprint density at radius 1 is 1.35 bits per heavy atom. The fourth-order valence-corrected chi connectivity index (χ4v) is 3.92. The molecule has 0 amide bonds. The number of para-hydroxylation sites is 1. The maximum atomic E-state index is 9.35. The molecule has 3 rings (SSSR count). The van der Waals surface area contributed by atoms with Gasteiger partial charge in [-0.1, -0.05) is 18.2 Å². The lowest BCUT2D eigenvalue weighted by Crippen LogP contribution is -2.45. The molecular formula is C20H32N4O2. The van der Waals surface area contributed by atoms with E-state index in [1.165, 1.54) is 12.1 Å². The van der Waals surface area contributed by atoms with Gasteiger partial charge in [-0.3, -0.25) is 4.99 Å². The number of hydrogen-bond acceptors (Lipinski definition) is 4. The zero-order valence-corrected chi connectivity index (χ0v) is 15.8. The Morgan fingerprint density at radius 3 is 2.88 bits per heavy atom. The lowest BCUT2D eigenvalue weighted by atomic mass is 9.84. The lowest BCUT2D eigenvalue weighted by molar-refractivity contribution is 0.127. The number of aliphatic imine (C=N–C) groups is 1. The van der Waals surface area contributed by atoms with Crippen LogP contribution in [0.2, 0.25) is 0 Å². The number of hydrogen-bond donors (Lipinski definition) is 3. The first-order chi connectivity index (χ1) is 12.7. The number of rotatable bonds is 7. The molecule has 1 aromatic rings. The Hall–Kier alpha value is -1.79. The molecule has 1 aromatic carbocycles. The monoisotopic (exact) mass is 360 g/mol. The molecule has 2 heterocycles. The number of nitrogens with one attached hydrogen (secondary N) is 2. The van der Waals surface area contributed by atoms with Gasteiger partial charge in [0.05, 0.1) is 6.61 Å². The third-order valence-corrected chi connectivity index (χ3v) is 5.65. The van der Waals surface area contributed by atoms with Gasteiger partial charge in [-0.25, -0.2) is 0 Å². The number of guanidine groups is 1. The third kappa shape index (κ3) is 4.89. The summed E-state index contributed by atoms with van der Waals surface area (Å²) in [5.74, 6) is 1.46. The molecular weight excluding hydrogens is 328 g/mol. The minimum atomic E-state index is 0.0316. The zero-order chi connectivity index (χ0) is 18.2. The van der Waals surface area contributed by atoms with Crippen molar-refractivity contribution in [2.75, 3.05) is 57.9 Å². The largest absolute Gasteiger partial charge is 0.396 e. The van der Waals surface area contributed by atoms with Gasteiger partial charge in [0.25, 0.3) is 0 Å². The quantitative estimate of drug-likeness (QED) is 0.507. The van der Waals surface area contributed by atoms with Crippen molar-refractivity contribution >= 4 is 11.6 Å². The third-order valence-electron chi connectivity index (χ3n) is 5.65. The van der Waals surface area contributed by atoms with Crippen molar-refractivity contribution in [2.24, 2.45) is 16.3 Å². The molecule has 0 saturated carbocycles. The summed E-state index contributed by atoms with van der Waals surface area (Å²) in [5.41, 5.74) is 1.34. The van der Waals surface area contributed by atoms with Crippen molar-refractivity contribution in [3.8, 4) is 0 Å². The van der Waals surface area contributed by atoms with Crippen molar-refractivity contribution < 1.29 is 9.84 Å². The number of ether oxygens (including phenoxy) is 1. The topological polar surface area (TPSA) is 69.1 Å². The molecule has 2 aliphatic rings. The first-order valence-corrected chi connectivity index (χ1v) is 9.68. The summed E-state index contributed by atoms with van der Waals surface area (Å²) in [6, 6.07) is 10.6. The number of aliphatic hydroxyl groups is 1. The lowest BCUT2D eigenvalue weighted by Gasteiger charge is -2.28. The molecule has 6 heteroatoms. The fraction of sp³-hybridized carbons (Fsp3) is 0.650. The number of nitrogens with zero attached hydrogens (tertiary/aromatic N) is 2. The van der Waals surface area contributed by atoms with Gasteiger partial charge in [0, 0.05) is 57.5 Å². The Morgan fingerprint density at radius 2 is 2.19 bits per heavy atom. The molecule has 2 unspecified atom stereocenters. The molecule has 2 aliphatic heterocycles. The van der Waals surface area contributed by atoms with Gasteiger partial charge in [0.15, 0.2) is 5.96 Å².